The molecule has 0 atom stereocenters. The molecule has 0 aromatic heterocycles. The fraction of sp³-hybridized carbons (Fsp3) is 0.125. The number of ether oxygens (including phenoxy) is 2. The Morgan fingerprint density at radius 2 is 1.14 bits per heavy atom. The highest BCUT2D eigenvalue weighted by Crippen LogP contribution is 2.17. The van der Waals surface area contributed by atoms with Gasteiger partial charge in [-0.25, -0.2) is 0 Å². The monoisotopic (exact) mass is 300 g/mol. The van der Waals surface area contributed by atoms with Crippen molar-refractivity contribution in [3.05, 3.63) is 59.7 Å². The molecule has 0 saturated carbocycles. The summed E-state index contributed by atoms with van der Waals surface area (Å²) in [4.78, 5) is 0. The summed E-state index contributed by atoms with van der Waals surface area (Å²) < 4.78 is 11.2. The van der Waals surface area contributed by atoms with E-state index in [-0.39, 0.29) is 0 Å². The van der Waals surface area contributed by atoms with Crippen molar-refractivity contribution in [2.45, 2.75) is 0 Å². The Bertz CT molecular complexity index is 599. The van der Waals surface area contributed by atoms with E-state index in [1.807, 2.05) is 24.3 Å². The molecule has 0 aliphatic rings. The van der Waals surface area contributed by atoms with Crippen LogP contribution in [0.15, 0.2) is 58.8 Å². The fourth-order valence-electron chi connectivity index (χ4n) is 1.86. The van der Waals surface area contributed by atoms with Crippen LogP contribution in [0.4, 0.5) is 0 Å². The first-order valence-electron chi connectivity index (χ1n) is 6.63. The Hall–Kier alpha value is -3.02. The number of benzene rings is 2. The largest absolute Gasteiger partial charge is 0.489 e. The predicted octanol–water partition coefficient (Wildman–Crippen LogP) is 2.76. The van der Waals surface area contributed by atoms with E-state index in [9.17, 15) is 0 Å². The van der Waals surface area contributed by atoms with Crippen molar-refractivity contribution in [3.8, 4) is 11.5 Å². The van der Waals surface area contributed by atoms with Crippen LogP contribution in [0.2, 0.25) is 0 Å². The van der Waals surface area contributed by atoms with Gasteiger partial charge in [0, 0.05) is 11.1 Å². The van der Waals surface area contributed by atoms with Gasteiger partial charge in [-0.15, -0.1) is 0 Å². The number of hydrogen-bond acceptors (Lipinski definition) is 6. The lowest BCUT2D eigenvalue weighted by Crippen LogP contribution is -2.10. The predicted molar refractivity (Wildman–Crippen MR) is 82.6 cm³/mol. The smallest absolute Gasteiger partial charge is 0.128 e. The summed E-state index contributed by atoms with van der Waals surface area (Å²) in [6.07, 6.45) is 2.62. The van der Waals surface area contributed by atoms with E-state index in [0.717, 1.165) is 0 Å². The molecule has 22 heavy (non-hydrogen) atoms. The van der Waals surface area contributed by atoms with Crippen molar-refractivity contribution in [3.63, 3.8) is 0 Å². The van der Waals surface area contributed by atoms with Crippen LogP contribution in [0.1, 0.15) is 11.1 Å². The van der Waals surface area contributed by atoms with Gasteiger partial charge in [0.05, 0.1) is 12.4 Å². The second-order valence-corrected chi connectivity index (χ2v) is 4.26. The molecule has 6 nitrogen and oxygen atoms in total. The molecule has 0 radical (unpaired) electrons. The zero-order valence-electron chi connectivity index (χ0n) is 11.8. The van der Waals surface area contributed by atoms with Crippen molar-refractivity contribution >= 4 is 12.4 Å². The summed E-state index contributed by atoms with van der Waals surface area (Å²) in [5.74, 6) is 1.21. The average molecular weight is 300 g/mol. The van der Waals surface area contributed by atoms with E-state index < -0.39 is 0 Å². The molecule has 0 aliphatic heterocycles. The molecule has 0 saturated heterocycles. The second-order valence-electron chi connectivity index (χ2n) is 4.26. The lowest BCUT2D eigenvalue weighted by molar-refractivity contribution is 0.216. The van der Waals surface area contributed by atoms with Gasteiger partial charge in [-0.2, -0.15) is 0 Å². The number of para-hydroxylation sites is 2. The van der Waals surface area contributed by atoms with Crippen molar-refractivity contribution < 1.29 is 19.9 Å². The maximum absolute atomic E-state index is 8.60. The molecule has 0 spiro atoms. The third-order valence-electron chi connectivity index (χ3n) is 2.83. The molecule has 2 rings (SSSR count). The van der Waals surface area contributed by atoms with Gasteiger partial charge in [-0.1, -0.05) is 34.6 Å². The molecular weight excluding hydrogens is 284 g/mol. The summed E-state index contributed by atoms with van der Waals surface area (Å²) in [5.41, 5.74) is 1.36. The maximum Gasteiger partial charge on any atom is 0.128 e. The zero-order valence-corrected chi connectivity index (χ0v) is 11.8. The molecule has 114 valence electrons. The van der Waals surface area contributed by atoms with Gasteiger partial charge in [0.1, 0.15) is 24.7 Å². The number of rotatable bonds is 7. The molecule has 0 amide bonds. The molecule has 2 aromatic carbocycles. The number of hydrogen-bond donors (Lipinski definition) is 2. The molecule has 2 N–H and O–H groups in total. The molecule has 0 heterocycles. The molecule has 0 aliphatic carbocycles. The van der Waals surface area contributed by atoms with Gasteiger partial charge in [-0.05, 0) is 24.3 Å². The Morgan fingerprint density at radius 3 is 1.55 bits per heavy atom. The third kappa shape index (κ3) is 4.24. The number of oxime groups is 2. The molecule has 6 heteroatoms. The van der Waals surface area contributed by atoms with E-state index in [0.29, 0.717) is 35.8 Å². The van der Waals surface area contributed by atoms with Crippen LogP contribution >= 0.6 is 0 Å². The minimum atomic E-state index is 0.320. The van der Waals surface area contributed by atoms with Crippen LogP contribution < -0.4 is 9.47 Å². The first-order valence-corrected chi connectivity index (χ1v) is 6.63. The third-order valence-corrected chi connectivity index (χ3v) is 2.83. The highest BCUT2D eigenvalue weighted by Gasteiger charge is 2.03. The van der Waals surface area contributed by atoms with Crippen molar-refractivity contribution in [2.24, 2.45) is 10.3 Å². The molecule has 2 aromatic rings. The van der Waals surface area contributed by atoms with Gasteiger partial charge in [-0.3, -0.25) is 0 Å². The Balaban J connectivity index is 1.90. The first-order chi connectivity index (χ1) is 10.8. The van der Waals surface area contributed by atoms with E-state index in [1.165, 1.54) is 12.4 Å². The Labute approximate surface area is 127 Å². The van der Waals surface area contributed by atoms with E-state index in [1.54, 1.807) is 24.3 Å². The average Bonchev–Trinajstić information content (AvgIpc) is 2.55. The summed E-state index contributed by atoms with van der Waals surface area (Å²) in [6, 6.07) is 14.4. The highest BCUT2D eigenvalue weighted by atomic mass is 16.5. The normalized spacial score (nSPS) is 11.1. The molecule has 0 unspecified atom stereocenters. The molecule has 0 fully saturated rings. The summed E-state index contributed by atoms with van der Waals surface area (Å²) in [7, 11) is 0. The minimum Gasteiger partial charge on any atom is -0.489 e. The van der Waals surface area contributed by atoms with Crippen LogP contribution in [0.5, 0.6) is 11.5 Å². The van der Waals surface area contributed by atoms with Crippen LogP contribution in [-0.4, -0.2) is 36.1 Å². The summed E-state index contributed by atoms with van der Waals surface area (Å²) in [5, 5.41) is 23.2. The quantitative estimate of drug-likeness (QED) is 0.356. The lowest BCUT2D eigenvalue weighted by atomic mass is 10.2. The van der Waals surface area contributed by atoms with Crippen LogP contribution in [0, 0.1) is 0 Å². The first kappa shape index (κ1) is 15.4. The van der Waals surface area contributed by atoms with E-state index in [4.69, 9.17) is 19.9 Å². The SMILES string of the molecule is ON=Cc1ccccc1OCCOc1ccccc1C=NO. The Kier molecular flexibility index (Phi) is 5.80. The summed E-state index contributed by atoms with van der Waals surface area (Å²) >= 11 is 0. The van der Waals surface area contributed by atoms with Crippen molar-refractivity contribution in [1.29, 1.82) is 0 Å². The Morgan fingerprint density at radius 1 is 0.727 bits per heavy atom. The van der Waals surface area contributed by atoms with Gasteiger partial charge in [0.25, 0.3) is 0 Å². The van der Waals surface area contributed by atoms with Gasteiger partial charge < -0.3 is 19.9 Å². The van der Waals surface area contributed by atoms with E-state index in [2.05, 4.69) is 10.3 Å². The van der Waals surface area contributed by atoms with Gasteiger partial charge >= 0.3 is 0 Å². The van der Waals surface area contributed by atoms with Crippen LogP contribution in [-0.2, 0) is 0 Å². The maximum atomic E-state index is 8.60. The fourth-order valence-corrected chi connectivity index (χ4v) is 1.86. The highest BCUT2D eigenvalue weighted by molar-refractivity contribution is 5.83. The van der Waals surface area contributed by atoms with Crippen LogP contribution in [0.3, 0.4) is 0 Å². The molecular formula is C16H16N2O4. The second kappa shape index (κ2) is 8.31. The zero-order chi connectivity index (χ0) is 15.6. The standard InChI is InChI=1S/C16H16N2O4/c19-17-11-13-5-1-3-7-15(13)21-9-10-22-16-8-4-2-6-14(16)12-18-20/h1-8,11-12,19-20H,9-10H2. The van der Waals surface area contributed by atoms with Crippen molar-refractivity contribution in [2.75, 3.05) is 13.2 Å². The summed E-state index contributed by atoms with van der Waals surface area (Å²) in [6.45, 7) is 0.641. The lowest BCUT2D eigenvalue weighted by Gasteiger charge is -2.11. The van der Waals surface area contributed by atoms with E-state index >= 15 is 0 Å². The van der Waals surface area contributed by atoms with Gasteiger partial charge in [0.2, 0.25) is 0 Å². The number of nitrogens with zero attached hydrogens (tertiary/aromatic N) is 2. The minimum absolute atomic E-state index is 0.320. The van der Waals surface area contributed by atoms with Crippen molar-refractivity contribution in [1.82, 2.24) is 0 Å². The topological polar surface area (TPSA) is 83.6 Å². The van der Waals surface area contributed by atoms with Gasteiger partial charge in [0.15, 0.2) is 0 Å². The van der Waals surface area contributed by atoms with Crippen LogP contribution in [0.25, 0.3) is 0 Å². The molecule has 0 bridgehead atoms.